The van der Waals surface area contributed by atoms with E-state index in [1.54, 1.807) is 13.2 Å². The van der Waals surface area contributed by atoms with E-state index in [2.05, 4.69) is 5.10 Å². The molecule has 0 radical (unpaired) electrons. The maximum Gasteiger partial charge on any atom is 0.145 e. The van der Waals surface area contributed by atoms with Gasteiger partial charge in [-0.2, -0.15) is 5.10 Å². The van der Waals surface area contributed by atoms with Gasteiger partial charge in [-0.15, -0.1) is 0 Å². The lowest BCUT2D eigenvalue weighted by atomic mass is 10.3. The number of anilines is 1. The average molecular weight is 247 g/mol. The molecule has 0 fully saturated rings. The lowest BCUT2D eigenvalue weighted by Gasteiger charge is -2.07. The summed E-state index contributed by atoms with van der Waals surface area (Å²) in [6, 6.07) is 9.35. The molecule has 2 aromatic rings. The molecule has 5 heteroatoms. The van der Waals surface area contributed by atoms with Crippen LogP contribution in [0.4, 0.5) is 5.82 Å². The van der Waals surface area contributed by atoms with Crippen molar-refractivity contribution in [3.05, 3.63) is 36.5 Å². The summed E-state index contributed by atoms with van der Waals surface area (Å²) in [6.07, 6.45) is 2.74. The molecular weight excluding hydrogens is 230 g/mol. The van der Waals surface area contributed by atoms with Crippen LogP contribution < -0.4 is 15.2 Å². The van der Waals surface area contributed by atoms with E-state index in [9.17, 15) is 0 Å². The van der Waals surface area contributed by atoms with Crippen LogP contribution >= 0.6 is 0 Å². The topological polar surface area (TPSA) is 62.3 Å². The third kappa shape index (κ3) is 3.41. The molecule has 1 heterocycles. The van der Waals surface area contributed by atoms with E-state index < -0.39 is 0 Å². The zero-order valence-corrected chi connectivity index (χ0v) is 10.4. The van der Waals surface area contributed by atoms with Crippen molar-refractivity contribution >= 4 is 5.82 Å². The van der Waals surface area contributed by atoms with Crippen molar-refractivity contribution in [2.24, 2.45) is 0 Å². The molecule has 96 valence electrons. The molecule has 0 amide bonds. The predicted molar refractivity (Wildman–Crippen MR) is 69.7 cm³/mol. The monoisotopic (exact) mass is 247 g/mol. The number of nitrogen functional groups attached to an aromatic ring is 1. The molecule has 5 nitrogen and oxygen atoms in total. The molecule has 2 N–H and O–H groups in total. The van der Waals surface area contributed by atoms with E-state index in [0.29, 0.717) is 12.4 Å². The van der Waals surface area contributed by atoms with Crippen molar-refractivity contribution in [3.63, 3.8) is 0 Å². The SMILES string of the molecule is COc1cccc(OCCCn2ccc(N)n2)c1. The van der Waals surface area contributed by atoms with E-state index >= 15 is 0 Å². The van der Waals surface area contributed by atoms with Crippen LogP contribution in [0.3, 0.4) is 0 Å². The van der Waals surface area contributed by atoms with Crippen LogP contribution in [0.15, 0.2) is 36.5 Å². The highest BCUT2D eigenvalue weighted by molar-refractivity contribution is 5.32. The normalized spacial score (nSPS) is 10.3. The summed E-state index contributed by atoms with van der Waals surface area (Å²) in [5.74, 6) is 2.16. The molecule has 0 aliphatic heterocycles. The molecule has 0 saturated heterocycles. The highest BCUT2D eigenvalue weighted by Crippen LogP contribution is 2.18. The Morgan fingerprint density at radius 1 is 1.28 bits per heavy atom. The van der Waals surface area contributed by atoms with Gasteiger partial charge in [0.1, 0.15) is 17.3 Å². The third-order valence-corrected chi connectivity index (χ3v) is 2.50. The summed E-state index contributed by atoms with van der Waals surface area (Å²) in [5.41, 5.74) is 5.53. The maximum atomic E-state index is 5.62. The van der Waals surface area contributed by atoms with Crippen molar-refractivity contribution in [2.75, 3.05) is 19.5 Å². The van der Waals surface area contributed by atoms with Gasteiger partial charge in [-0.1, -0.05) is 6.07 Å². The first-order valence-corrected chi connectivity index (χ1v) is 5.84. The molecule has 18 heavy (non-hydrogen) atoms. The lowest BCUT2D eigenvalue weighted by molar-refractivity contribution is 0.296. The number of nitrogens with zero attached hydrogens (tertiary/aromatic N) is 2. The zero-order valence-electron chi connectivity index (χ0n) is 10.4. The Kier molecular flexibility index (Phi) is 4.06. The highest BCUT2D eigenvalue weighted by Gasteiger charge is 1.98. The summed E-state index contributed by atoms with van der Waals surface area (Å²) in [5, 5.41) is 4.10. The average Bonchev–Trinajstić information content (AvgIpc) is 2.81. The Labute approximate surface area is 106 Å². The fourth-order valence-electron chi connectivity index (χ4n) is 1.61. The van der Waals surface area contributed by atoms with Crippen LogP contribution in [0, 0.1) is 0 Å². The Morgan fingerprint density at radius 2 is 2.11 bits per heavy atom. The molecule has 0 spiro atoms. The first kappa shape index (κ1) is 12.3. The number of aryl methyl sites for hydroxylation is 1. The molecule has 0 aliphatic rings. The second-order valence-electron chi connectivity index (χ2n) is 3.88. The Morgan fingerprint density at radius 3 is 2.83 bits per heavy atom. The molecule has 0 bridgehead atoms. The molecule has 2 rings (SSSR count). The summed E-state index contributed by atoms with van der Waals surface area (Å²) >= 11 is 0. The minimum absolute atomic E-state index is 0.545. The highest BCUT2D eigenvalue weighted by atomic mass is 16.5. The van der Waals surface area contributed by atoms with Crippen molar-refractivity contribution in [1.82, 2.24) is 9.78 Å². The molecule has 0 aliphatic carbocycles. The van der Waals surface area contributed by atoms with Crippen molar-refractivity contribution in [3.8, 4) is 11.5 Å². The molecule has 0 unspecified atom stereocenters. The van der Waals surface area contributed by atoms with E-state index in [-0.39, 0.29) is 0 Å². The minimum Gasteiger partial charge on any atom is -0.497 e. The summed E-state index contributed by atoms with van der Waals surface area (Å²) in [6.45, 7) is 1.42. The Balaban J connectivity index is 1.74. The maximum absolute atomic E-state index is 5.62. The zero-order chi connectivity index (χ0) is 12.8. The predicted octanol–water partition coefficient (Wildman–Crippen LogP) is 1.94. The number of methoxy groups -OCH3 is 1. The number of rotatable bonds is 6. The smallest absolute Gasteiger partial charge is 0.145 e. The number of ether oxygens (including phenoxy) is 2. The van der Waals surface area contributed by atoms with Gasteiger partial charge in [0.05, 0.1) is 13.7 Å². The van der Waals surface area contributed by atoms with Gasteiger partial charge in [-0.3, -0.25) is 4.68 Å². The molecule has 0 atom stereocenters. The second-order valence-corrected chi connectivity index (χ2v) is 3.88. The van der Waals surface area contributed by atoms with Gasteiger partial charge < -0.3 is 15.2 Å². The third-order valence-electron chi connectivity index (χ3n) is 2.50. The summed E-state index contributed by atoms with van der Waals surface area (Å²) < 4.78 is 12.6. The van der Waals surface area contributed by atoms with Crippen LogP contribution in [-0.2, 0) is 6.54 Å². The molecule has 1 aromatic heterocycles. The van der Waals surface area contributed by atoms with Gasteiger partial charge in [0.2, 0.25) is 0 Å². The first-order valence-electron chi connectivity index (χ1n) is 5.84. The number of nitrogens with two attached hydrogens (primary N) is 1. The number of hydrogen-bond acceptors (Lipinski definition) is 4. The lowest BCUT2D eigenvalue weighted by Crippen LogP contribution is -2.05. The van der Waals surface area contributed by atoms with Crippen LogP contribution in [0.5, 0.6) is 11.5 Å². The Bertz CT molecular complexity index is 496. The summed E-state index contributed by atoms with van der Waals surface area (Å²) in [4.78, 5) is 0. The van der Waals surface area contributed by atoms with Crippen LogP contribution in [0.2, 0.25) is 0 Å². The van der Waals surface area contributed by atoms with E-state index in [4.69, 9.17) is 15.2 Å². The Hall–Kier alpha value is -2.17. The van der Waals surface area contributed by atoms with E-state index in [0.717, 1.165) is 24.5 Å². The first-order chi connectivity index (χ1) is 8.78. The largest absolute Gasteiger partial charge is 0.497 e. The standard InChI is InChI=1S/C13H17N3O2/c1-17-11-4-2-5-12(10-11)18-9-3-7-16-8-6-13(14)15-16/h2,4-6,8,10H,3,7,9H2,1H3,(H2,14,15). The summed E-state index contributed by atoms with van der Waals surface area (Å²) in [7, 11) is 1.64. The molecular formula is C13H17N3O2. The van der Waals surface area contributed by atoms with Gasteiger partial charge in [-0.05, 0) is 18.2 Å². The van der Waals surface area contributed by atoms with Crippen molar-refractivity contribution in [1.29, 1.82) is 0 Å². The minimum atomic E-state index is 0.545. The molecule has 1 aromatic carbocycles. The van der Waals surface area contributed by atoms with Gasteiger partial charge in [0, 0.05) is 25.2 Å². The van der Waals surface area contributed by atoms with Gasteiger partial charge in [0.25, 0.3) is 0 Å². The molecule has 0 saturated carbocycles. The van der Waals surface area contributed by atoms with Gasteiger partial charge >= 0.3 is 0 Å². The fraction of sp³-hybridized carbons (Fsp3) is 0.308. The second kappa shape index (κ2) is 5.95. The van der Waals surface area contributed by atoms with E-state index in [1.807, 2.05) is 35.1 Å². The van der Waals surface area contributed by atoms with Gasteiger partial charge in [0.15, 0.2) is 0 Å². The number of hydrogen-bond donors (Lipinski definition) is 1. The van der Waals surface area contributed by atoms with Crippen LogP contribution in [0.25, 0.3) is 0 Å². The van der Waals surface area contributed by atoms with Crippen LogP contribution in [-0.4, -0.2) is 23.5 Å². The quantitative estimate of drug-likeness (QED) is 0.792. The van der Waals surface area contributed by atoms with Gasteiger partial charge in [-0.25, -0.2) is 0 Å². The van der Waals surface area contributed by atoms with E-state index in [1.165, 1.54) is 0 Å². The number of aromatic nitrogens is 2. The fourth-order valence-corrected chi connectivity index (χ4v) is 1.61. The number of benzene rings is 1. The van der Waals surface area contributed by atoms with Crippen molar-refractivity contribution in [2.45, 2.75) is 13.0 Å². The van der Waals surface area contributed by atoms with Crippen LogP contribution in [0.1, 0.15) is 6.42 Å². The van der Waals surface area contributed by atoms with Crippen molar-refractivity contribution < 1.29 is 9.47 Å².